The topological polar surface area (TPSA) is 192 Å². The number of nitrogens with two attached hydrogens (primary N) is 2. The van der Waals surface area contributed by atoms with Gasteiger partial charge in [0.05, 0.1) is 18.1 Å². The number of carboxylic acid groups (broad SMARTS) is 1. The molecular formula is C24H38N6O6S. The van der Waals surface area contributed by atoms with E-state index in [0.717, 1.165) is 6.42 Å². The fourth-order valence-electron chi connectivity index (χ4n) is 5.50. The molecule has 2 saturated heterocycles. The molecule has 0 spiro atoms. The number of guanidine groups is 1. The number of hydrogen-bond donors (Lipinski definition) is 5. The number of carbonyl (C=O) groups is 4. The summed E-state index contributed by atoms with van der Waals surface area (Å²) < 4.78 is 0. The standard InChI is InChI=1S/C24H38N6O6S/c1-12-19(17(11-31)13(2)32)28-20(23(35)36)21(12)37-16-7-18(29(3)10-16)22(34)30-5-4-14(9-30)6-15(33)8-27-24(25)26/h11-14,16-19,28,32H,4-10H2,1-3H3,(H,35,36)(H4,25,26,27)/t12-,13-,14-,16+,17-,18+,19+/m1/s1. The van der Waals surface area contributed by atoms with Crippen LogP contribution in [0.5, 0.6) is 0 Å². The largest absolute Gasteiger partial charge is 0.477 e. The number of carbonyl (C=O) groups excluding carboxylic acids is 3. The fourth-order valence-corrected chi connectivity index (χ4v) is 7.07. The van der Waals surface area contributed by atoms with E-state index in [9.17, 15) is 29.4 Å². The van der Waals surface area contributed by atoms with Crippen LogP contribution in [0.25, 0.3) is 0 Å². The van der Waals surface area contributed by atoms with Crippen molar-refractivity contribution in [1.82, 2.24) is 15.1 Å². The number of rotatable bonds is 11. The Morgan fingerprint density at radius 2 is 2.00 bits per heavy atom. The quantitative estimate of drug-likeness (QED) is 0.123. The Labute approximate surface area is 220 Å². The van der Waals surface area contributed by atoms with Gasteiger partial charge in [-0.15, -0.1) is 11.8 Å². The number of likely N-dealkylation sites (tertiary alicyclic amines) is 2. The van der Waals surface area contributed by atoms with Crippen molar-refractivity contribution in [3.05, 3.63) is 10.6 Å². The van der Waals surface area contributed by atoms with Crippen LogP contribution in [0.1, 0.15) is 33.1 Å². The van der Waals surface area contributed by atoms with Crippen LogP contribution in [-0.4, -0.2) is 107 Å². The summed E-state index contributed by atoms with van der Waals surface area (Å²) in [6.07, 6.45) is 1.39. The maximum atomic E-state index is 13.3. The molecule has 12 nitrogen and oxygen atoms in total. The van der Waals surface area contributed by atoms with Gasteiger partial charge in [0, 0.05) is 48.2 Å². The van der Waals surface area contributed by atoms with Gasteiger partial charge in [0.15, 0.2) is 11.7 Å². The SMILES string of the molecule is C[C@@H](O)[C@@H](C=O)[C@H]1NC(C(=O)O)=C(S[C@H]2C[C@@H](C(=O)N3CC[C@H](CC(=O)CN=C(N)N)C3)N(C)C2)[C@@H]1C. The predicted molar refractivity (Wildman–Crippen MR) is 139 cm³/mol. The average Bonchev–Trinajstić information content (AvgIpc) is 3.51. The molecule has 206 valence electrons. The van der Waals surface area contributed by atoms with Crippen LogP contribution < -0.4 is 16.8 Å². The minimum Gasteiger partial charge on any atom is -0.477 e. The summed E-state index contributed by atoms with van der Waals surface area (Å²) in [5, 5.41) is 22.7. The molecule has 7 N–H and O–H groups in total. The average molecular weight is 539 g/mol. The van der Waals surface area contributed by atoms with Gasteiger partial charge < -0.3 is 36.7 Å². The molecule has 0 saturated carbocycles. The van der Waals surface area contributed by atoms with Crippen molar-refractivity contribution in [1.29, 1.82) is 0 Å². The van der Waals surface area contributed by atoms with Crippen molar-refractivity contribution in [3.63, 3.8) is 0 Å². The summed E-state index contributed by atoms with van der Waals surface area (Å²) in [4.78, 5) is 57.1. The molecule has 0 unspecified atom stereocenters. The first-order valence-electron chi connectivity index (χ1n) is 12.5. The second-order valence-electron chi connectivity index (χ2n) is 10.3. The van der Waals surface area contributed by atoms with Gasteiger partial charge in [0.1, 0.15) is 18.5 Å². The zero-order valence-corrected chi connectivity index (χ0v) is 22.3. The summed E-state index contributed by atoms with van der Waals surface area (Å²) in [5.74, 6) is -2.22. The van der Waals surface area contributed by atoms with Crippen LogP contribution >= 0.6 is 11.8 Å². The van der Waals surface area contributed by atoms with Crippen LogP contribution in [0.4, 0.5) is 0 Å². The van der Waals surface area contributed by atoms with Gasteiger partial charge in [-0.25, -0.2) is 9.79 Å². The lowest BCUT2D eigenvalue weighted by Gasteiger charge is -2.26. The van der Waals surface area contributed by atoms with Crippen molar-refractivity contribution < 1.29 is 29.4 Å². The molecule has 0 radical (unpaired) electrons. The number of aliphatic carboxylic acids is 1. The Kier molecular flexibility index (Phi) is 9.59. The van der Waals surface area contributed by atoms with E-state index in [1.165, 1.54) is 18.7 Å². The molecule has 3 aliphatic rings. The number of Topliss-reactive ketones (excluding diaryl/α,β-unsaturated/α-hetero) is 1. The number of carboxylic acids is 1. The molecule has 13 heteroatoms. The van der Waals surface area contributed by atoms with Gasteiger partial charge in [0.2, 0.25) is 5.91 Å². The van der Waals surface area contributed by atoms with E-state index in [0.29, 0.717) is 43.7 Å². The molecule has 0 aromatic carbocycles. The third kappa shape index (κ3) is 6.82. The van der Waals surface area contributed by atoms with E-state index < -0.39 is 24.0 Å². The normalized spacial score (nSPS) is 29.6. The van der Waals surface area contributed by atoms with Gasteiger partial charge in [-0.2, -0.15) is 0 Å². The van der Waals surface area contributed by atoms with Crippen molar-refractivity contribution in [2.24, 2.45) is 34.2 Å². The highest BCUT2D eigenvalue weighted by Gasteiger charge is 2.44. The first-order valence-corrected chi connectivity index (χ1v) is 13.4. The smallest absolute Gasteiger partial charge is 0.352 e. The number of ketones is 1. The summed E-state index contributed by atoms with van der Waals surface area (Å²) in [6.45, 7) is 5.03. The van der Waals surface area contributed by atoms with Crippen LogP contribution in [0.2, 0.25) is 0 Å². The minimum atomic E-state index is -1.11. The maximum absolute atomic E-state index is 13.3. The maximum Gasteiger partial charge on any atom is 0.352 e. The number of thioether (sulfide) groups is 1. The molecule has 0 aromatic rings. The van der Waals surface area contributed by atoms with E-state index in [2.05, 4.69) is 10.3 Å². The molecule has 1 amide bonds. The van der Waals surface area contributed by atoms with Crippen molar-refractivity contribution in [2.45, 2.75) is 56.5 Å². The highest BCUT2D eigenvalue weighted by atomic mass is 32.2. The van der Waals surface area contributed by atoms with E-state index >= 15 is 0 Å². The molecule has 3 rings (SSSR count). The van der Waals surface area contributed by atoms with Crippen LogP contribution in [0, 0.1) is 17.8 Å². The Morgan fingerprint density at radius 3 is 2.59 bits per heavy atom. The zero-order chi connectivity index (χ0) is 27.4. The third-order valence-electron chi connectivity index (χ3n) is 7.49. The van der Waals surface area contributed by atoms with Gasteiger partial charge in [0.25, 0.3) is 0 Å². The first-order chi connectivity index (χ1) is 17.4. The highest BCUT2D eigenvalue weighted by Crippen LogP contribution is 2.42. The first kappa shape index (κ1) is 28.9. The van der Waals surface area contributed by atoms with Crippen molar-refractivity contribution in [2.75, 3.05) is 33.2 Å². The summed E-state index contributed by atoms with van der Waals surface area (Å²) in [7, 11) is 1.89. The number of nitrogens with zero attached hydrogens (tertiary/aromatic N) is 3. The third-order valence-corrected chi connectivity index (χ3v) is 9.00. The molecule has 0 aliphatic carbocycles. The lowest BCUT2D eigenvalue weighted by molar-refractivity contribution is -0.135. The lowest BCUT2D eigenvalue weighted by Crippen LogP contribution is -2.43. The number of aliphatic hydroxyl groups excluding tert-OH is 1. The number of nitrogens with one attached hydrogen (secondary N) is 1. The number of aliphatic hydroxyl groups is 1. The Morgan fingerprint density at radius 1 is 1.30 bits per heavy atom. The molecule has 2 fully saturated rings. The monoisotopic (exact) mass is 538 g/mol. The lowest BCUT2D eigenvalue weighted by atomic mass is 9.89. The van der Waals surface area contributed by atoms with Gasteiger partial charge in [-0.1, -0.05) is 6.92 Å². The van der Waals surface area contributed by atoms with Crippen molar-refractivity contribution in [3.8, 4) is 0 Å². The summed E-state index contributed by atoms with van der Waals surface area (Å²) >= 11 is 1.44. The number of likely N-dealkylation sites (N-methyl/N-ethyl adjacent to an activating group) is 1. The molecule has 0 bridgehead atoms. The Hall–Kier alpha value is -2.64. The zero-order valence-electron chi connectivity index (χ0n) is 21.5. The summed E-state index contributed by atoms with van der Waals surface area (Å²) in [5.41, 5.74) is 10.6. The van der Waals surface area contributed by atoms with E-state index in [1.54, 1.807) is 0 Å². The van der Waals surface area contributed by atoms with Crippen LogP contribution in [-0.2, 0) is 19.2 Å². The van der Waals surface area contributed by atoms with Crippen LogP contribution in [0.15, 0.2) is 15.6 Å². The number of aldehydes is 1. The minimum absolute atomic E-state index is 0.00732. The molecular weight excluding hydrogens is 500 g/mol. The fraction of sp³-hybridized carbons (Fsp3) is 0.708. The molecule has 37 heavy (non-hydrogen) atoms. The number of hydrogen-bond acceptors (Lipinski definition) is 9. The highest BCUT2D eigenvalue weighted by molar-refractivity contribution is 8.03. The summed E-state index contributed by atoms with van der Waals surface area (Å²) in [6, 6.07) is -0.845. The number of amides is 1. The molecule has 3 aliphatic heterocycles. The van der Waals surface area contributed by atoms with Crippen LogP contribution in [0.3, 0.4) is 0 Å². The van der Waals surface area contributed by atoms with Gasteiger partial charge >= 0.3 is 5.97 Å². The van der Waals surface area contributed by atoms with Crippen molar-refractivity contribution >= 4 is 41.7 Å². The second-order valence-corrected chi connectivity index (χ2v) is 11.7. The predicted octanol–water partition coefficient (Wildman–Crippen LogP) is -1.03. The molecule has 7 atom stereocenters. The Balaban J connectivity index is 1.60. The molecule has 3 heterocycles. The van der Waals surface area contributed by atoms with Gasteiger partial charge in [-0.05, 0) is 32.7 Å². The number of aliphatic imine (C=N–C) groups is 1. The molecule has 0 aromatic heterocycles. The van der Waals surface area contributed by atoms with E-state index in [-0.39, 0.29) is 53.0 Å². The second kappa shape index (κ2) is 12.3. The van der Waals surface area contributed by atoms with E-state index in [1.807, 2.05) is 23.8 Å². The van der Waals surface area contributed by atoms with E-state index in [4.69, 9.17) is 11.5 Å². The van der Waals surface area contributed by atoms with Gasteiger partial charge in [-0.3, -0.25) is 14.5 Å². The Bertz CT molecular complexity index is 967.